The molecule has 0 aliphatic heterocycles. The van der Waals surface area contributed by atoms with Crippen LogP contribution in [0.4, 0.5) is 20.5 Å². The van der Waals surface area contributed by atoms with E-state index in [0.29, 0.717) is 5.52 Å². The summed E-state index contributed by atoms with van der Waals surface area (Å²) in [7, 11) is 0. The Kier molecular flexibility index (Phi) is 5.42. The van der Waals surface area contributed by atoms with Crippen molar-refractivity contribution in [3.8, 4) is 11.8 Å². The van der Waals surface area contributed by atoms with Gasteiger partial charge in [-0.2, -0.15) is 10.2 Å². The molecule has 0 fully saturated rings. The standard InChI is InChI=1S/C21H14ClF2N7O/c1-10(28-18-11(8-25)9-27-21(26)30-18)19-29-16-4-2-3-13(22)17(16)20(32)31(19)12-5-6-14(23)15(24)7-12/h2-7,9-10H,1H3,(H3,26,27,28,30). The number of hydrogen-bond acceptors (Lipinski definition) is 7. The number of hydrogen-bond donors (Lipinski definition) is 2. The predicted molar refractivity (Wildman–Crippen MR) is 115 cm³/mol. The van der Waals surface area contributed by atoms with Crippen LogP contribution in [0, 0.1) is 23.0 Å². The fraction of sp³-hybridized carbons (Fsp3) is 0.0952. The smallest absolute Gasteiger partial charge is 0.267 e. The van der Waals surface area contributed by atoms with Crippen LogP contribution in [0.15, 0.2) is 47.4 Å². The molecule has 2 aromatic heterocycles. The first-order chi connectivity index (χ1) is 15.3. The summed E-state index contributed by atoms with van der Waals surface area (Å²) in [5, 5.41) is 12.6. The van der Waals surface area contributed by atoms with Crippen LogP contribution < -0.4 is 16.6 Å². The molecule has 0 aliphatic rings. The van der Waals surface area contributed by atoms with E-state index in [1.807, 2.05) is 6.07 Å². The van der Waals surface area contributed by atoms with Crippen LogP contribution >= 0.6 is 11.6 Å². The van der Waals surface area contributed by atoms with Crippen LogP contribution in [0.1, 0.15) is 24.4 Å². The Balaban J connectivity index is 1.96. The maximum atomic E-state index is 14.0. The van der Waals surface area contributed by atoms with Crippen LogP contribution in [0.2, 0.25) is 5.02 Å². The molecule has 1 unspecified atom stereocenters. The maximum Gasteiger partial charge on any atom is 0.267 e. The van der Waals surface area contributed by atoms with Crippen molar-refractivity contribution in [2.24, 2.45) is 0 Å². The van der Waals surface area contributed by atoms with Gasteiger partial charge in [0.2, 0.25) is 5.95 Å². The van der Waals surface area contributed by atoms with Gasteiger partial charge in [-0.3, -0.25) is 9.36 Å². The monoisotopic (exact) mass is 453 g/mol. The molecule has 0 aliphatic carbocycles. The Hall–Kier alpha value is -4.10. The van der Waals surface area contributed by atoms with Crippen LogP contribution in [0.25, 0.3) is 16.6 Å². The van der Waals surface area contributed by atoms with Crippen molar-refractivity contribution in [1.82, 2.24) is 19.5 Å². The molecular weight excluding hydrogens is 440 g/mol. The first kappa shape index (κ1) is 21.1. The average molecular weight is 454 g/mol. The van der Waals surface area contributed by atoms with E-state index in [0.717, 1.165) is 16.7 Å². The van der Waals surface area contributed by atoms with Crippen LogP contribution in [-0.2, 0) is 0 Å². The molecule has 0 radical (unpaired) electrons. The van der Waals surface area contributed by atoms with Gasteiger partial charge in [0, 0.05) is 6.07 Å². The number of nitriles is 1. The summed E-state index contributed by atoms with van der Waals surface area (Å²) < 4.78 is 28.7. The summed E-state index contributed by atoms with van der Waals surface area (Å²) in [6.45, 7) is 1.66. The van der Waals surface area contributed by atoms with Gasteiger partial charge in [-0.15, -0.1) is 0 Å². The first-order valence-electron chi connectivity index (χ1n) is 9.26. The fourth-order valence-electron chi connectivity index (χ4n) is 3.23. The molecule has 32 heavy (non-hydrogen) atoms. The fourth-order valence-corrected chi connectivity index (χ4v) is 3.48. The highest BCUT2D eigenvalue weighted by Crippen LogP contribution is 2.25. The number of benzene rings is 2. The Morgan fingerprint density at radius 1 is 1.22 bits per heavy atom. The Bertz CT molecular complexity index is 1470. The molecule has 0 saturated heterocycles. The molecule has 8 nitrogen and oxygen atoms in total. The lowest BCUT2D eigenvalue weighted by Gasteiger charge is -2.20. The summed E-state index contributed by atoms with van der Waals surface area (Å²) in [5.41, 5.74) is 5.54. The first-order valence-corrected chi connectivity index (χ1v) is 9.63. The highest BCUT2D eigenvalue weighted by atomic mass is 35.5. The third kappa shape index (κ3) is 3.70. The second-order valence-electron chi connectivity index (χ2n) is 6.81. The molecule has 0 amide bonds. The predicted octanol–water partition coefficient (Wildman–Crippen LogP) is 3.73. The van der Waals surface area contributed by atoms with E-state index in [2.05, 4.69) is 20.3 Å². The molecule has 11 heteroatoms. The Morgan fingerprint density at radius 2 is 2.00 bits per heavy atom. The second kappa shape index (κ2) is 8.20. The molecule has 0 bridgehead atoms. The molecule has 3 N–H and O–H groups in total. The van der Waals surface area contributed by atoms with E-state index in [1.54, 1.807) is 19.1 Å². The van der Waals surface area contributed by atoms with Crippen molar-refractivity contribution < 1.29 is 8.78 Å². The van der Waals surface area contributed by atoms with Crippen LogP contribution in [-0.4, -0.2) is 19.5 Å². The van der Waals surface area contributed by atoms with Crippen molar-refractivity contribution in [1.29, 1.82) is 5.26 Å². The van der Waals surface area contributed by atoms with Gasteiger partial charge in [-0.25, -0.2) is 18.7 Å². The number of fused-ring (bicyclic) bond motifs is 1. The third-order valence-corrected chi connectivity index (χ3v) is 5.02. The molecule has 4 aromatic rings. The lowest BCUT2D eigenvalue weighted by Crippen LogP contribution is -2.28. The molecular formula is C21H14ClF2N7O. The molecule has 2 heterocycles. The number of rotatable bonds is 4. The van der Waals surface area contributed by atoms with Gasteiger partial charge in [-0.05, 0) is 31.2 Å². The topological polar surface area (TPSA) is 123 Å². The van der Waals surface area contributed by atoms with Crippen molar-refractivity contribution in [2.45, 2.75) is 13.0 Å². The lowest BCUT2D eigenvalue weighted by atomic mass is 10.2. The van der Waals surface area contributed by atoms with E-state index in [-0.39, 0.29) is 39.3 Å². The Morgan fingerprint density at radius 3 is 2.72 bits per heavy atom. The summed E-state index contributed by atoms with van der Waals surface area (Å²) in [6, 6.07) is 9.06. The van der Waals surface area contributed by atoms with Gasteiger partial charge in [0.05, 0.1) is 33.9 Å². The highest BCUT2D eigenvalue weighted by Gasteiger charge is 2.21. The number of nitrogens with two attached hydrogens (primary N) is 1. The van der Waals surface area contributed by atoms with Crippen molar-refractivity contribution >= 4 is 34.3 Å². The Labute approximate surface area is 184 Å². The second-order valence-corrected chi connectivity index (χ2v) is 7.22. The van der Waals surface area contributed by atoms with Crippen LogP contribution in [0.3, 0.4) is 0 Å². The van der Waals surface area contributed by atoms with E-state index in [9.17, 15) is 18.8 Å². The number of halogens is 3. The minimum Gasteiger partial charge on any atom is -0.368 e. The molecule has 2 aromatic carbocycles. The van der Waals surface area contributed by atoms with Gasteiger partial charge in [0.1, 0.15) is 23.3 Å². The highest BCUT2D eigenvalue weighted by molar-refractivity contribution is 6.35. The van der Waals surface area contributed by atoms with Gasteiger partial charge >= 0.3 is 0 Å². The zero-order chi connectivity index (χ0) is 23.0. The number of nitrogens with one attached hydrogen (secondary N) is 1. The SMILES string of the molecule is CC(Nc1nc(N)ncc1C#N)c1nc2cccc(Cl)c2c(=O)n1-c1ccc(F)c(F)c1. The molecule has 0 spiro atoms. The molecule has 0 saturated carbocycles. The minimum atomic E-state index is -1.13. The zero-order valence-corrected chi connectivity index (χ0v) is 17.2. The quantitative estimate of drug-likeness (QED) is 0.482. The van der Waals surface area contributed by atoms with Gasteiger partial charge in [0.25, 0.3) is 5.56 Å². The summed E-state index contributed by atoms with van der Waals surface area (Å²) >= 11 is 6.23. The van der Waals surface area contributed by atoms with E-state index in [1.165, 1.54) is 18.3 Å². The molecule has 4 rings (SSSR count). The number of nitrogens with zero attached hydrogens (tertiary/aromatic N) is 5. The summed E-state index contributed by atoms with van der Waals surface area (Å²) in [4.78, 5) is 25.7. The number of anilines is 2. The van der Waals surface area contributed by atoms with E-state index in [4.69, 9.17) is 17.3 Å². The normalized spacial score (nSPS) is 11.8. The van der Waals surface area contributed by atoms with Crippen molar-refractivity contribution in [3.63, 3.8) is 0 Å². The van der Waals surface area contributed by atoms with Gasteiger partial charge < -0.3 is 11.1 Å². The zero-order valence-electron chi connectivity index (χ0n) is 16.5. The van der Waals surface area contributed by atoms with Gasteiger partial charge in [0.15, 0.2) is 11.6 Å². The number of nitrogen functional groups attached to an aromatic ring is 1. The third-order valence-electron chi connectivity index (χ3n) is 4.70. The lowest BCUT2D eigenvalue weighted by molar-refractivity contribution is 0.507. The van der Waals surface area contributed by atoms with E-state index < -0.39 is 23.2 Å². The average Bonchev–Trinajstić information content (AvgIpc) is 2.76. The number of aromatic nitrogens is 4. The maximum absolute atomic E-state index is 14.0. The van der Waals surface area contributed by atoms with E-state index >= 15 is 0 Å². The van der Waals surface area contributed by atoms with Crippen molar-refractivity contribution in [3.05, 3.63) is 81.0 Å². The van der Waals surface area contributed by atoms with Crippen LogP contribution in [0.5, 0.6) is 0 Å². The largest absolute Gasteiger partial charge is 0.368 e. The molecule has 160 valence electrons. The van der Waals surface area contributed by atoms with Crippen molar-refractivity contribution in [2.75, 3.05) is 11.1 Å². The van der Waals surface area contributed by atoms with Gasteiger partial charge in [-0.1, -0.05) is 17.7 Å². The molecule has 1 atom stereocenters. The summed E-state index contributed by atoms with van der Waals surface area (Å²) in [6.07, 6.45) is 1.26. The minimum absolute atomic E-state index is 0.0505. The summed E-state index contributed by atoms with van der Waals surface area (Å²) in [5.74, 6) is -1.97.